The number of ether oxygens (including phenoxy) is 2. The van der Waals surface area contributed by atoms with E-state index in [0.29, 0.717) is 51.2 Å². The standard InChI is InChI=1S/C28H37N11O4/c1-20(40)35-8-2-9-37(13-10-35)24-17-25(31-19-30-24)39-26(29)33-27(34-39)32-21-3-5-22(6-4-21)36-11-14-38(15-12-36)28(41)43-23-7-16-42-18-23/h3-6,17,19,23H,2,7-16,18H2,1H3,(H3,29,32,33,34). The van der Waals surface area contributed by atoms with Crippen molar-refractivity contribution in [1.29, 1.82) is 0 Å². The summed E-state index contributed by atoms with van der Waals surface area (Å²) in [6.45, 7) is 8.23. The van der Waals surface area contributed by atoms with E-state index < -0.39 is 0 Å². The lowest BCUT2D eigenvalue weighted by molar-refractivity contribution is -0.128. The first-order chi connectivity index (χ1) is 20.9. The van der Waals surface area contributed by atoms with Gasteiger partial charge in [-0.2, -0.15) is 9.67 Å². The van der Waals surface area contributed by atoms with Gasteiger partial charge in [0.1, 0.15) is 18.2 Å². The van der Waals surface area contributed by atoms with Gasteiger partial charge in [-0.1, -0.05) is 0 Å². The molecule has 43 heavy (non-hydrogen) atoms. The lowest BCUT2D eigenvalue weighted by atomic mass is 10.2. The van der Waals surface area contributed by atoms with Crippen LogP contribution >= 0.6 is 0 Å². The van der Waals surface area contributed by atoms with Crippen LogP contribution in [0.25, 0.3) is 5.82 Å². The lowest BCUT2D eigenvalue weighted by Gasteiger charge is -2.36. The summed E-state index contributed by atoms with van der Waals surface area (Å²) >= 11 is 0. The first-order valence-corrected chi connectivity index (χ1v) is 14.6. The molecule has 2 amide bonds. The first-order valence-electron chi connectivity index (χ1n) is 14.6. The predicted molar refractivity (Wildman–Crippen MR) is 160 cm³/mol. The van der Waals surface area contributed by atoms with Gasteiger partial charge in [0, 0.05) is 83.1 Å². The molecule has 228 valence electrons. The van der Waals surface area contributed by atoms with Crippen molar-refractivity contribution in [2.45, 2.75) is 25.9 Å². The fourth-order valence-corrected chi connectivity index (χ4v) is 5.49. The third kappa shape index (κ3) is 6.71. The van der Waals surface area contributed by atoms with E-state index >= 15 is 0 Å². The summed E-state index contributed by atoms with van der Waals surface area (Å²) in [5.74, 6) is 1.88. The molecule has 1 unspecified atom stereocenters. The van der Waals surface area contributed by atoms with Crippen LogP contribution in [0.15, 0.2) is 36.7 Å². The maximum absolute atomic E-state index is 12.4. The normalized spacial score (nSPS) is 19.3. The molecule has 3 saturated heterocycles. The molecule has 0 spiro atoms. The number of amides is 2. The Hall–Kier alpha value is -4.66. The molecule has 3 aliphatic heterocycles. The molecule has 5 heterocycles. The summed E-state index contributed by atoms with van der Waals surface area (Å²) < 4.78 is 12.3. The number of anilines is 5. The molecule has 15 heteroatoms. The van der Waals surface area contributed by atoms with Crippen LogP contribution in [0.3, 0.4) is 0 Å². The van der Waals surface area contributed by atoms with Crippen molar-refractivity contribution in [3.8, 4) is 5.82 Å². The number of aromatic nitrogens is 5. The number of rotatable bonds is 6. The highest BCUT2D eigenvalue weighted by atomic mass is 16.6. The molecule has 0 saturated carbocycles. The average Bonchev–Trinajstić information content (AvgIpc) is 3.58. The molecular weight excluding hydrogens is 554 g/mol. The van der Waals surface area contributed by atoms with Crippen LogP contribution in [-0.2, 0) is 14.3 Å². The van der Waals surface area contributed by atoms with Crippen molar-refractivity contribution in [1.82, 2.24) is 34.5 Å². The van der Waals surface area contributed by atoms with Gasteiger partial charge < -0.3 is 40.1 Å². The van der Waals surface area contributed by atoms with Crippen molar-refractivity contribution >= 4 is 41.1 Å². The molecule has 2 aromatic heterocycles. The second-order valence-electron chi connectivity index (χ2n) is 10.8. The van der Waals surface area contributed by atoms with Gasteiger partial charge in [0.05, 0.1) is 13.2 Å². The molecule has 3 aromatic rings. The number of carbonyl (C=O) groups excluding carboxylic acids is 2. The summed E-state index contributed by atoms with van der Waals surface area (Å²) in [5.41, 5.74) is 8.09. The molecule has 0 aliphatic carbocycles. The number of hydrogen-bond acceptors (Lipinski definition) is 12. The second kappa shape index (κ2) is 12.7. The average molecular weight is 592 g/mol. The van der Waals surface area contributed by atoms with E-state index in [0.717, 1.165) is 56.2 Å². The number of nitrogens with two attached hydrogens (primary N) is 1. The number of carbonyl (C=O) groups is 2. The van der Waals surface area contributed by atoms with Crippen LogP contribution < -0.4 is 20.9 Å². The Morgan fingerprint density at radius 3 is 2.44 bits per heavy atom. The van der Waals surface area contributed by atoms with Gasteiger partial charge in [0.25, 0.3) is 0 Å². The Labute approximate surface area is 249 Å². The van der Waals surface area contributed by atoms with Crippen LogP contribution in [0, 0.1) is 0 Å². The van der Waals surface area contributed by atoms with Gasteiger partial charge in [-0.05, 0) is 30.7 Å². The van der Waals surface area contributed by atoms with Crippen molar-refractivity contribution in [2.24, 2.45) is 0 Å². The van der Waals surface area contributed by atoms with E-state index in [2.05, 4.69) is 35.2 Å². The molecule has 6 rings (SSSR count). The van der Waals surface area contributed by atoms with E-state index in [1.807, 2.05) is 35.2 Å². The number of hydrogen-bond donors (Lipinski definition) is 2. The number of benzene rings is 1. The van der Waals surface area contributed by atoms with Gasteiger partial charge in [-0.15, -0.1) is 5.10 Å². The number of nitrogen functional groups attached to an aromatic ring is 1. The van der Waals surface area contributed by atoms with Gasteiger partial charge in [-0.25, -0.2) is 14.8 Å². The largest absolute Gasteiger partial charge is 0.444 e. The fourth-order valence-electron chi connectivity index (χ4n) is 5.49. The number of piperazine rings is 1. The molecule has 3 aliphatic rings. The Balaban J connectivity index is 1.05. The highest BCUT2D eigenvalue weighted by Gasteiger charge is 2.27. The summed E-state index contributed by atoms with van der Waals surface area (Å²) in [6, 6.07) is 9.80. The molecule has 3 fully saturated rings. The van der Waals surface area contributed by atoms with E-state index in [4.69, 9.17) is 15.2 Å². The maximum atomic E-state index is 12.4. The predicted octanol–water partition coefficient (Wildman–Crippen LogP) is 1.49. The smallest absolute Gasteiger partial charge is 0.410 e. The lowest BCUT2D eigenvalue weighted by Crippen LogP contribution is -2.49. The molecule has 3 N–H and O–H groups in total. The number of nitrogens with zero attached hydrogens (tertiary/aromatic N) is 9. The van der Waals surface area contributed by atoms with E-state index in [1.165, 1.54) is 11.0 Å². The van der Waals surface area contributed by atoms with Crippen LogP contribution in [-0.4, -0.2) is 118 Å². The number of nitrogens with one attached hydrogen (secondary N) is 1. The van der Waals surface area contributed by atoms with E-state index in [1.54, 1.807) is 11.8 Å². The SMILES string of the molecule is CC(=O)N1CCCN(c2cc(-n3nc(Nc4ccc(N5CCN(C(=O)OC6CCOC6)CC5)cc4)nc3N)ncn2)CC1. The minimum atomic E-state index is -0.262. The quantitative estimate of drug-likeness (QED) is 0.426. The zero-order valence-corrected chi connectivity index (χ0v) is 24.3. The Kier molecular flexibility index (Phi) is 8.40. The van der Waals surface area contributed by atoms with Gasteiger partial charge in [-0.3, -0.25) is 4.79 Å². The second-order valence-corrected chi connectivity index (χ2v) is 10.8. The first kappa shape index (κ1) is 28.5. The molecule has 0 radical (unpaired) electrons. The summed E-state index contributed by atoms with van der Waals surface area (Å²) in [4.78, 5) is 45.4. The zero-order valence-electron chi connectivity index (χ0n) is 24.3. The van der Waals surface area contributed by atoms with Gasteiger partial charge >= 0.3 is 6.09 Å². The molecule has 1 atom stereocenters. The van der Waals surface area contributed by atoms with Gasteiger partial charge in [0.2, 0.25) is 17.8 Å². The summed E-state index contributed by atoms with van der Waals surface area (Å²) in [6.07, 6.45) is 2.71. The van der Waals surface area contributed by atoms with Crippen molar-refractivity contribution in [2.75, 3.05) is 86.4 Å². The maximum Gasteiger partial charge on any atom is 0.410 e. The molecule has 0 bridgehead atoms. The Morgan fingerprint density at radius 1 is 0.953 bits per heavy atom. The fraction of sp³-hybridized carbons (Fsp3) is 0.500. The van der Waals surface area contributed by atoms with Crippen LogP contribution in [0.1, 0.15) is 19.8 Å². The molecular formula is C28H37N11O4. The Bertz CT molecular complexity index is 1420. The topological polar surface area (TPSA) is 160 Å². The minimum absolute atomic E-state index is 0.0860. The highest BCUT2D eigenvalue weighted by molar-refractivity contribution is 5.73. The summed E-state index contributed by atoms with van der Waals surface area (Å²) in [7, 11) is 0. The van der Waals surface area contributed by atoms with Crippen LogP contribution in [0.5, 0.6) is 0 Å². The summed E-state index contributed by atoms with van der Waals surface area (Å²) in [5, 5.41) is 7.74. The van der Waals surface area contributed by atoms with E-state index in [-0.39, 0.29) is 24.1 Å². The van der Waals surface area contributed by atoms with Crippen molar-refractivity contribution in [3.05, 3.63) is 36.7 Å². The monoisotopic (exact) mass is 591 g/mol. The molecule has 15 nitrogen and oxygen atoms in total. The van der Waals surface area contributed by atoms with Gasteiger partial charge in [0.15, 0.2) is 5.82 Å². The van der Waals surface area contributed by atoms with E-state index in [9.17, 15) is 9.59 Å². The third-order valence-electron chi connectivity index (χ3n) is 7.93. The third-order valence-corrected chi connectivity index (χ3v) is 7.93. The van der Waals surface area contributed by atoms with Crippen LogP contribution in [0.4, 0.5) is 33.9 Å². The minimum Gasteiger partial charge on any atom is -0.444 e. The van der Waals surface area contributed by atoms with Crippen molar-refractivity contribution < 1.29 is 19.1 Å². The highest BCUT2D eigenvalue weighted by Crippen LogP contribution is 2.23. The molecule has 1 aromatic carbocycles. The zero-order chi connectivity index (χ0) is 29.8. The van der Waals surface area contributed by atoms with Crippen molar-refractivity contribution in [3.63, 3.8) is 0 Å². The van der Waals surface area contributed by atoms with Crippen LogP contribution in [0.2, 0.25) is 0 Å². The Morgan fingerprint density at radius 2 is 1.70 bits per heavy atom.